The van der Waals surface area contributed by atoms with Crippen molar-refractivity contribution in [2.45, 2.75) is 187 Å². The summed E-state index contributed by atoms with van der Waals surface area (Å²) in [6, 6.07) is 51.8. The third-order valence-corrected chi connectivity index (χ3v) is 22.2. The van der Waals surface area contributed by atoms with Crippen molar-refractivity contribution in [2.24, 2.45) is 0 Å². The smallest absolute Gasteiger partial charge is 0.264 e. The monoisotopic (exact) mass is 1050 g/mol. The van der Waals surface area contributed by atoms with E-state index in [1.807, 2.05) is 0 Å². The zero-order valence-electron chi connectivity index (χ0n) is 50.2. The van der Waals surface area contributed by atoms with Crippen LogP contribution in [0.25, 0.3) is 42.8 Å². The van der Waals surface area contributed by atoms with E-state index in [0.29, 0.717) is 0 Å². The molecule has 2 nitrogen and oxygen atoms in total. The predicted octanol–water partition coefficient (Wildman–Crippen LogP) is 19.6. The average molecular weight is 1050 g/mol. The Morgan fingerprint density at radius 3 is 1.66 bits per heavy atom. The number of fused-ring (bicyclic) bond motifs is 12. The van der Waals surface area contributed by atoms with Crippen LogP contribution in [0.15, 0.2) is 127 Å². The molecule has 0 spiro atoms. The van der Waals surface area contributed by atoms with Gasteiger partial charge in [0.15, 0.2) is 0 Å². The molecular weight excluding hydrogens is 972 g/mol. The Morgan fingerprint density at radius 1 is 0.430 bits per heavy atom. The Morgan fingerprint density at radius 2 is 1.00 bits per heavy atom. The van der Waals surface area contributed by atoms with Crippen LogP contribution in [0, 0.1) is 6.92 Å². The molecule has 0 saturated carbocycles. The van der Waals surface area contributed by atoms with Gasteiger partial charge in [-0.25, -0.2) is 0 Å². The highest BCUT2D eigenvalue weighted by Gasteiger charge is 2.49. The van der Waals surface area contributed by atoms with Crippen molar-refractivity contribution in [2.75, 3.05) is 9.80 Å². The summed E-state index contributed by atoms with van der Waals surface area (Å²) in [6.45, 7) is 39.4. The van der Waals surface area contributed by atoms with Crippen LogP contribution in [-0.2, 0) is 37.9 Å². The maximum atomic E-state index is 2.78. The fraction of sp³-hybridized carbons (Fsp3) is 0.387. The summed E-state index contributed by atoms with van der Waals surface area (Å²) in [5.41, 5.74) is 25.2. The van der Waals surface area contributed by atoms with Crippen LogP contribution in [0.4, 0.5) is 34.1 Å². The Hall–Kier alpha value is -6.10. The summed E-state index contributed by atoms with van der Waals surface area (Å²) in [5, 5.41) is 6.59. The zero-order chi connectivity index (χ0) is 55.5. The highest BCUT2D eigenvalue weighted by atomic mass is 32.1. The van der Waals surface area contributed by atoms with Gasteiger partial charge in [0.05, 0.1) is 11.4 Å². The molecule has 8 aromatic carbocycles. The zero-order valence-corrected chi connectivity index (χ0v) is 51.1. The lowest BCUT2D eigenvalue weighted by atomic mass is 9.36. The molecule has 4 heteroatoms. The fourth-order valence-electron chi connectivity index (χ4n) is 15.7. The standard InChI is InChI=1S/C75H81BN2S/c1-44-36-63-66-64(37-44)78(61-42-58-56(72(9,10)32-34-74(58,13)14)40-52(61)50-23-19-22-49-48-21-18-17-20-45(48)24-27-51(49)50)62-38-46(69(2,3)4)25-29-60(62)76(66)68-67(53-41-57-59(43-65(53)79-68)75(15,16)35-33-73(57,11)12)77(63)47-26-28-54-55(39-47)71(7,8)31-30-70(54,5)6/h17-29,36-43H,30-35H2,1-16H3. The summed E-state index contributed by atoms with van der Waals surface area (Å²) in [4.78, 5) is 5.54. The molecule has 3 heterocycles. The molecule has 2 aliphatic heterocycles. The number of benzene rings is 8. The van der Waals surface area contributed by atoms with Crippen LogP contribution >= 0.6 is 11.3 Å². The van der Waals surface area contributed by atoms with Crippen LogP contribution in [0.5, 0.6) is 0 Å². The first-order valence-electron chi connectivity index (χ1n) is 29.9. The highest BCUT2D eigenvalue weighted by molar-refractivity contribution is 7.33. The minimum Gasteiger partial charge on any atom is -0.311 e. The van der Waals surface area contributed by atoms with Gasteiger partial charge in [0.1, 0.15) is 0 Å². The van der Waals surface area contributed by atoms with E-state index < -0.39 is 0 Å². The molecule has 5 aliphatic rings. The lowest BCUT2D eigenvalue weighted by Crippen LogP contribution is -2.60. The Kier molecular flexibility index (Phi) is 10.7. The number of hydrogen-bond acceptors (Lipinski definition) is 3. The van der Waals surface area contributed by atoms with E-state index in [9.17, 15) is 0 Å². The SMILES string of the molecule is Cc1cc2c3c(c1)N(c1ccc4c(c1)C(C)(C)CCC4(C)C)c1c(sc4cc5c(cc14)C(C)(C)CCC5(C)C)B3c1ccc(C(C)(C)C)cc1N2c1cc2c(cc1-c1cccc3c1ccc1ccccc13)C(C)(C)CCC2(C)C. The molecule has 0 N–H and O–H groups in total. The summed E-state index contributed by atoms with van der Waals surface area (Å²) in [6.07, 6.45) is 7.06. The summed E-state index contributed by atoms with van der Waals surface area (Å²) in [5.74, 6) is 0. The van der Waals surface area contributed by atoms with Crippen molar-refractivity contribution >= 4 is 99.5 Å². The Labute approximate surface area is 476 Å². The first-order chi connectivity index (χ1) is 37.2. The lowest BCUT2D eigenvalue weighted by molar-refractivity contribution is 0.332. The average Bonchev–Trinajstić information content (AvgIpc) is 3.95. The molecule has 0 atom stereocenters. The van der Waals surface area contributed by atoms with Gasteiger partial charge in [0.2, 0.25) is 0 Å². The molecule has 0 unspecified atom stereocenters. The van der Waals surface area contributed by atoms with Crippen molar-refractivity contribution in [3.05, 3.63) is 172 Å². The summed E-state index contributed by atoms with van der Waals surface area (Å²) >= 11 is 2.07. The second-order valence-electron chi connectivity index (χ2n) is 30.2. The number of nitrogens with zero attached hydrogens (tertiary/aromatic N) is 2. The van der Waals surface area contributed by atoms with Crippen molar-refractivity contribution in [1.82, 2.24) is 0 Å². The topological polar surface area (TPSA) is 6.48 Å². The molecule has 0 saturated heterocycles. The van der Waals surface area contributed by atoms with Crippen LogP contribution < -0.4 is 25.5 Å². The molecule has 3 aliphatic carbocycles. The van der Waals surface area contributed by atoms with Gasteiger partial charge in [-0.05, 0) is 220 Å². The van der Waals surface area contributed by atoms with E-state index in [4.69, 9.17) is 0 Å². The summed E-state index contributed by atoms with van der Waals surface area (Å²) < 4.78 is 2.87. The highest BCUT2D eigenvalue weighted by Crippen LogP contribution is 2.57. The van der Waals surface area contributed by atoms with Gasteiger partial charge in [-0.1, -0.05) is 177 Å². The van der Waals surface area contributed by atoms with Crippen LogP contribution in [-0.4, -0.2) is 6.71 Å². The Bertz CT molecular complexity index is 4110. The van der Waals surface area contributed by atoms with Gasteiger partial charge >= 0.3 is 0 Å². The van der Waals surface area contributed by atoms with E-state index in [0.717, 1.165) is 12.8 Å². The molecule has 0 fully saturated rings. The number of thiophene rings is 1. The van der Waals surface area contributed by atoms with Crippen molar-refractivity contribution in [3.8, 4) is 11.1 Å². The van der Waals surface area contributed by atoms with Crippen molar-refractivity contribution in [1.29, 1.82) is 0 Å². The number of aryl methyl sites for hydroxylation is 1. The minimum atomic E-state index is -0.0697. The predicted molar refractivity (Wildman–Crippen MR) is 346 cm³/mol. The molecule has 400 valence electrons. The van der Waals surface area contributed by atoms with E-state index >= 15 is 0 Å². The number of anilines is 6. The summed E-state index contributed by atoms with van der Waals surface area (Å²) in [7, 11) is 0. The van der Waals surface area contributed by atoms with Crippen molar-refractivity contribution < 1.29 is 0 Å². The second-order valence-corrected chi connectivity index (χ2v) is 31.3. The largest absolute Gasteiger partial charge is 0.311 e. The quantitative estimate of drug-likeness (QED) is 0.129. The molecule has 1 aromatic heterocycles. The van der Waals surface area contributed by atoms with Gasteiger partial charge in [0.25, 0.3) is 6.71 Å². The molecule has 14 rings (SSSR count). The number of hydrogen-bond donors (Lipinski definition) is 0. The molecule has 0 bridgehead atoms. The fourth-order valence-corrected chi connectivity index (χ4v) is 17.0. The third kappa shape index (κ3) is 7.47. The third-order valence-electron chi connectivity index (χ3n) is 21.0. The maximum Gasteiger partial charge on any atom is 0.264 e. The van der Waals surface area contributed by atoms with Crippen molar-refractivity contribution in [3.63, 3.8) is 0 Å². The van der Waals surface area contributed by atoms with E-state index in [-0.39, 0.29) is 44.6 Å². The number of rotatable bonds is 3. The lowest BCUT2D eigenvalue weighted by Gasteiger charge is -2.46. The van der Waals surface area contributed by atoms with Gasteiger partial charge in [-0.15, -0.1) is 11.3 Å². The molecule has 79 heavy (non-hydrogen) atoms. The van der Waals surface area contributed by atoms with Gasteiger partial charge in [-0.2, -0.15) is 0 Å². The van der Waals surface area contributed by atoms with E-state index in [1.165, 1.54) is 163 Å². The first-order valence-corrected chi connectivity index (χ1v) is 30.7. The van der Waals surface area contributed by atoms with Gasteiger partial charge in [0, 0.05) is 43.2 Å². The molecule has 0 radical (unpaired) electrons. The van der Waals surface area contributed by atoms with E-state index in [1.54, 1.807) is 0 Å². The second kappa shape index (κ2) is 16.5. The van der Waals surface area contributed by atoms with Crippen LogP contribution in [0.1, 0.15) is 187 Å². The van der Waals surface area contributed by atoms with Gasteiger partial charge in [-0.3, -0.25) is 0 Å². The molecular formula is C75H81BN2S. The first kappa shape index (κ1) is 51.1. The Balaban J connectivity index is 1.12. The molecule has 9 aromatic rings. The molecule has 0 amide bonds. The maximum absolute atomic E-state index is 2.78. The minimum absolute atomic E-state index is 0.00655. The van der Waals surface area contributed by atoms with Crippen LogP contribution in [0.2, 0.25) is 0 Å². The van der Waals surface area contributed by atoms with Gasteiger partial charge < -0.3 is 9.80 Å². The van der Waals surface area contributed by atoms with E-state index in [2.05, 4.69) is 259 Å². The van der Waals surface area contributed by atoms with Crippen LogP contribution in [0.3, 0.4) is 0 Å². The normalized spacial score (nSPS) is 19.6.